The molecule has 102 valence electrons. The summed E-state index contributed by atoms with van der Waals surface area (Å²) in [6.07, 6.45) is 7.16. The van der Waals surface area contributed by atoms with Gasteiger partial charge in [0.1, 0.15) is 0 Å². The average Bonchev–Trinajstić information content (AvgIpc) is 2.33. The van der Waals surface area contributed by atoms with E-state index in [1.165, 1.54) is 25.5 Å². The molecule has 0 N–H and O–H groups in total. The lowest BCUT2D eigenvalue weighted by molar-refractivity contribution is -0.139. The molecule has 0 bridgehead atoms. The Morgan fingerprint density at radius 3 is 2.83 bits per heavy atom. The Morgan fingerprint density at radius 1 is 1.61 bits per heavy atom. The Balaban J connectivity index is 2.56. The first-order valence-electron chi connectivity index (χ1n) is 6.81. The van der Waals surface area contributed by atoms with Crippen molar-refractivity contribution in [3.8, 4) is 0 Å². The third-order valence-electron chi connectivity index (χ3n) is 4.66. The largest absolute Gasteiger partial charge is 0.469 e. The molecule has 1 aliphatic rings. The minimum atomic E-state index is -0.186. The zero-order valence-corrected chi connectivity index (χ0v) is 12.2. The van der Waals surface area contributed by atoms with Crippen molar-refractivity contribution in [3.05, 3.63) is 23.8 Å². The number of methoxy groups -OCH3 is 1. The molecule has 18 heavy (non-hydrogen) atoms. The number of hydrogen-bond donors (Lipinski definition) is 0. The van der Waals surface area contributed by atoms with E-state index in [9.17, 15) is 4.79 Å². The Hall–Kier alpha value is -1.05. The molecule has 2 heteroatoms. The molecule has 2 atom stereocenters. The van der Waals surface area contributed by atoms with Crippen LogP contribution in [0, 0.1) is 11.3 Å². The summed E-state index contributed by atoms with van der Waals surface area (Å²) in [5.74, 6) is 0.516. The highest BCUT2D eigenvalue weighted by atomic mass is 16.5. The fraction of sp³-hybridized carbons (Fsp3) is 0.688. The van der Waals surface area contributed by atoms with Crippen LogP contribution in [-0.4, -0.2) is 13.1 Å². The second-order valence-electron chi connectivity index (χ2n) is 5.79. The molecule has 0 saturated carbocycles. The van der Waals surface area contributed by atoms with Crippen LogP contribution < -0.4 is 0 Å². The van der Waals surface area contributed by atoms with Crippen molar-refractivity contribution in [1.29, 1.82) is 0 Å². The summed E-state index contributed by atoms with van der Waals surface area (Å²) >= 11 is 0. The van der Waals surface area contributed by atoms with Gasteiger partial charge in [0.05, 0.1) is 13.5 Å². The molecule has 0 unspecified atom stereocenters. The van der Waals surface area contributed by atoms with Gasteiger partial charge in [0.15, 0.2) is 0 Å². The van der Waals surface area contributed by atoms with Gasteiger partial charge in [-0.3, -0.25) is 4.79 Å². The Labute approximate surface area is 111 Å². The van der Waals surface area contributed by atoms with Gasteiger partial charge in [-0.15, -0.1) is 0 Å². The van der Waals surface area contributed by atoms with Crippen LogP contribution in [0.15, 0.2) is 23.8 Å². The Kier molecular flexibility index (Phi) is 5.18. The average molecular weight is 250 g/mol. The first-order chi connectivity index (χ1) is 8.40. The molecule has 2 nitrogen and oxygen atoms in total. The maximum atomic E-state index is 11.2. The fourth-order valence-corrected chi connectivity index (χ4v) is 2.73. The van der Waals surface area contributed by atoms with Gasteiger partial charge in [0.2, 0.25) is 0 Å². The highest BCUT2D eigenvalue weighted by molar-refractivity contribution is 5.71. The number of hydrogen-bond acceptors (Lipinski definition) is 2. The maximum absolute atomic E-state index is 11.2. The molecule has 1 aliphatic carbocycles. The van der Waals surface area contributed by atoms with Crippen LogP contribution in [-0.2, 0) is 9.53 Å². The SMILES string of the molecule is C=C(CC[C@]1(C)C(C)=CCC[C@H]1C)CC(=O)OC. The van der Waals surface area contributed by atoms with Crippen molar-refractivity contribution in [2.45, 2.75) is 52.9 Å². The van der Waals surface area contributed by atoms with Gasteiger partial charge in [0.25, 0.3) is 0 Å². The first kappa shape index (κ1) is 15.0. The van der Waals surface area contributed by atoms with Crippen LogP contribution in [0.25, 0.3) is 0 Å². The molecular weight excluding hydrogens is 224 g/mol. The van der Waals surface area contributed by atoms with Crippen molar-refractivity contribution in [2.24, 2.45) is 11.3 Å². The number of carbonyl (C=O) groups excluding carboxylic acids is 1. The normalized spacial score (nSPS) is 27.6. The van der Waals surface area contributed by atoms with Crippen molar-refractivity contribution in [1.82, 2.24) is 0 Å². The number of esters is 1. The molecule has 0 aliphatic heterocycles. The van der Waals surface area contributed by atoms with Crippen molar-refractivity contribution < 1.29 is 9.53 Å². The second kappa shape index (κ2) is 6.21. The summed E-state index contributed by atoms with van der Waals surface area (Å²) in [5, 5.41) is 0. The predicted octanol–water partition coefficient (Wildman–Crippen LogP) is 4.27. The van der Waals surface area contributed by atoms with E-state index in [4.69, 9.17) is 0 Å². The van der Waals surface area contributed by atoms with E-state index >= 15 is 0 Å². The molecule has 0 aromatic heterocycles. The molecule has 0 heterocycles. The number of ether oxygens (including phenoxy) is 1. The van der Waals surface area contributed by atoms with E-state index in [-0.39, 0.29) is 11.4 Å². The highest BCUT2D eigenvalue weighted by Crippen LogP contribution is 2.45. The zero-order valence-electron chi connectivity index (χ0n) is 12.2. The van der Waals surface area contributed by atoms with Crippen LogP contribution in [0.5, 0.6) is 0 Å². The van der Waals surface area contributed by atoms with Crippen molar-refractivity contribution in [3.63, 3.8) is 0 Å². The van der Waals surface area contributed by atoms with Crippen LogP contribution >= 0.6 is 0 Å². The van der Waals surface area contributed by atoms with Crippen molar-refractivity contribution >= 4 is 5.97 Å². The maximum Gasteiger partial charge on any atom is 0.309 e. The lowest BCUT2D eigenvalue weighted by Crippen LogP contribution is -2.29. The summed E-state index contributed by atoms with van der Waals surface area (Å²) in [4.78, 5) is 11.2. The van der Waals surface area contributed by atoms with E-state index in [1.807, 2.05) is 0 Å². The molecule has 0 saturated heterocycles. The van der Waals surface area contributed by atoms with Gasteiger partial charge in [-0.05, 0) is 43.9 Å². The summed E-state index contributed by atoms with van der Waals surface area (Å²) in [6.45, 7) is 10.9. The first-order valence-corrected chi connectivity index (χ1v) is 6.81. The molecule has 0 aromatic carbocycles. The van der Waals surface area contributed by atoms with E-state index in [1.54, 1.807) is 0 Å². The minimum Gasteiger partial charge on any atom is -0.469 e. The van der Waals surface area contributed by atoms with Crippen LogP contribution in [0.1, 0.15) is 52.9 Å². The van der Waals surface area contributed by atoms with Crippen LogP contribution in [0.2, 0.25) is 0 Å². The number of rotatable bonds is 5. The third-order valence-corrected chi connectivity index (χ3v) is 4.66. The third kappa shape index (κ3) is 3.47. The van der Waals surface area contributed by atoms with Gasteiger partial charge in [0, 0.05) is 0 Å². The molecule has 0 radical (unpaired) electrons. The molecule has 0 aromatic rings. The predicted molar refractivity (Wildman–Crippen MR) is 75.3 cm³/mol. The summed E-state index contributed by atoms with van der Waals surface area (Å²) < 4.78 is 4.67. The monoisotopic (exact) mass is 250 g/mol. The fourth-order valence-electron chi connectivity index (χ4n) is 2.73. The summed E-state index contributed by atoms with van der Waals surface area (Å²) in [6, 6.07) is 0. The Bertz CT molecular complexity index is 354. The highest BCUT2D eigenvalue weighted by Gasteiger charge is 2.34. The van der Waals surface area contributed by atoms with Gasteiger partial charge >= 0.3 is 5.97 Å². The van der Waals surface area contributed by atoms with Crippen LogP contribution in [0.3, 0.4) is 0 Å². The molecular formula is C16H26O2. The van der Waals surface area contributed by atoms with E-state index in [2.05, 4.69) is 38.2 Å². The lowest BCUT2D eigenvalue weighted by atomic mass is 9.65. The molecule has 0 spiro atoms. The molecule has 1 rings (SSSR count). The summed E-state index contributed by atoms with van der Waals surface area (Å²) in [5.41, 5.74) is 2.73. The number of carbonyl (C=O) groups is 1. The quantitative estimate of drug-likeness (QED) is 0.538. The number of allylic oxidation sites excluding steroid dienone is 2. The van der Waals surface area contributed by atoms with Crippen LogP contribution in [0.4, 0.5) is 0 Å². The Morgan fingerprint density at radius 2 is 2.28 bits per heavy atom. The zero-order chi connectivity index (χ0) is 13.8. The lowest BCUT2D eigenvalue weighted by Gasteiger charge is -2.40. The van der Waals surface area contributed by atoms with Gasteiger partial charge in [-0.2, -0.15) is 0 Å². The van der Waals surface area contributed by atoms with E-state index in [0.29, 0.717) is 12.3 Å². The minimum absolute atomic E-state index is 0.186. The molecule has 0 amide bonds. The van der Waals surface area contributed by atoms with E-state index < -0.39 is 0 Å². The van der Waals surface area contributed by atoms with E-state index in [0.717, 1.165) is 18.4 Å². The van der Waals surface area contributed by atoms with Crippen molar-refractivity contribution in [2.75, 3.05) is 7.11 Å². The standard InChI is InChI=1S/C16H26O2/c1-12(11-15(17)18-5)9-10-16(4)13(2)7-6-8-14(16)3/h7,14H,1,6,8-11H2,2-5H3/t14-,16-/m1/s1. The smallest absolute Gasteiger partial charge is 0.309 e. The topological polar surface area (TPSA) is 26.3 Å². The second-order valence-corrected chi connectivity index (χ2v) is 5.79. The molecule has 0 fully saturated rings. The van der Waals surface area contributed by atoms with Gasteiger partial charge in [-0.1, -0.05) is 37.6 Å². The van der Waals surface area contributed by atoms with Gasteiger partial charge in [-0.25, -0.2) is 0 Å². The summed E-state index contributed by atoms with van der Waals surface area (Å²) in [7, 11) is 1.42. The van der Waals surface area contributed by atoms with Gasteiger partial charge < -0.3 is 4.74 Å².